The molecule has 0 spiro atoms. The van der Waals surface area contributed by atoms with Crippen LogP contribution < -0.4 is 4.74 Å². The van der Waals surface area contributed by atoms with E-state index < -0.39 is 12.1 Å². The van der Waals surface area contributed by atoms with Gasteiger partial charge in [0.15, 0.2) is 0 Å². The van der Waals surface area contributed by atoms with Crippen LogP contribution in [0.15, 0.2) is 36.4 Å². The number of benzene rings is 1. The van der Waals surface area contributed by atoms with Crippen molar-refractivity contribution >= 4 is 11.9 Å². The summed E-state index contributed by atoms with van der Waals surface area (Å²) in [5.41, 5.74) is 0.759. The number of aliphatic hydroxyl groups excluding tert-OH is 1. The Kier molecular flexibility index (Phi) is 10.9. The highest BCUT2D eigenvalue weighted by atomic mass is 16.5. The van der Waals surface area contributed by atoms with E-state index in [2.05, 4.69) is 4.90 Å². The highest BCUT2D eigenvalue weighted by Gasteiger charge is 2.28. The number of rotatable bonds is 14. The third kappa shape index (κ3) is 8.74. The lowest BCUT2D eigenvalue weighted by Crippen LogP contribution is -2.38. The second-order valence-corrected chi connectivity index (χ2v) is 8.96. The highest BCUT2D eigenvalue weighted by Crippen LogP contribution is 2.24. The molecule has 188 valence electrons. The molecule has 0 radical (unpaired) electrons. The molecular weight excluding hydrogens is 436 g/mol. The van der Waals surface area contributed by atoms with Crippen molar-refractivity contribution in [3.05, 3.63) is 42.0 Å². The van der Waals surface area contributed by atoms with Gasteiger partial charge >= 0.3 is 5.97 Å². The fourth-order valence-corrected chi connectivity index (χ4v) is 4.41. The number of carboxylic acids is 1. The minimum Gasteiger partial charge on any atom is -0.492 e. The van der Waals surface area contributed by atoms with Crippen LogP contribution in [0.4, 0.5) is 0 Å². The lowest BCUT2D eigenvalue weighted by Gasteiger charge is -2.26. The second-order valence-electron chi connectivity index (χ2n) is 8.96. The number of amides is 1. The Morgan fingerprint density at radius 1 is 1.18 bits per heavy atom. The summed E-state index contributed by atoms with van der Waals surface area (Å²) in [4.78, 5) is 27.1. The third-order valence-electron chi connectivity index (χ3n) is 6.41. The van der Waals surface area contributed by atoms with Crippen LogP contribution in [0.1, 0.15) is 56.6 Å². The Morgan fingerprint density at radius 2 is 1.97 bits per heavy atom. The number of carboxylic acid groups (broad SMARTS) is 1. The molecule has 0 aromatic heterocycles. The third-order valence-corrected chi connectivity index (χ3v) is 6.41. The van der Waals surface area contributed by atoms with Gasteiger partial charge in [0, 0.05) is 39.0 Å². The Morgan fingerprint density at radius 3 is 2.76 bits per heavy atom. The van der Waals surface area contributed by atoms with Gasteiger partial charge in [0.1, 0.15) is 12.4 Å². The van der Waals surface area contributed by atoms with Gasteiger partial charge in [-0.3, -0.25) is 14.5 Å². The molecule has 0 bridgehead atoms. The van der Waals surface area contributed by atoms with Crippen molar-refractivity contribution in [1.29, 1.82) is 0 Å². The van der Waals surface area contributed by atoms with E-state index in [0.29, 0.717) is 26.0 Å². The molecule has 8 heteroatoms. The lowest BCUT2D eigenvalue weighted by atomic mass is 10.1. The molecule has 1 amide bonds. The number of aliphatic carboxylic acids is 1. The molecule has 2 unspecified atom stereocenters. The van der Waals surface area contributed by atoms with Crippen LogP contribution >= 0.6 is 0 Å². The summed E-state index contributed by atoms with van der Waals surface area (Å²) in [7, 11) is 0. The van der Waals surface area contributed by atoms with Crippen molar-refractivity contribution in [2.75, 3.05) is 46.0 Å². The Balaban J connectivity index is 1.44. The number of hydrogen-bond donors (Lipinski definition) is 2. The standard InChI is InChI=1S/C26H38N2O6/c29-24(21-6-5-7-23(20-21)34-19-16-27-14-17-33-18-15-27)11-9-22-10-12-25(30)28(22)13-4-2-1-3-8-26(31)32/h5-7,9,11,20,22,24,29H,1-4,8,10,12-19H2,(H,31,32). The van der Waals surface area contributed by atoms with Crippen molar-refractivity contribution in [1.82, 2.24) is 9.80 Å². The summed E-state index contributed by atoms with van der Waals surface area (Å²) in [6.07, 6.45) is 7.72. The Labute approximate surface area is 202 Å². The first-order valence-electron chi connectivity index (χ1n) is 12.4. The minimum atomic E-state index is -0.767. The van der Waals surface area contributed by atoms with Crippen LogP contribution in [0.25, 0.3) is 0 Å². The van der Waals surface area contributed by atoms with Gasteiger partial charge in [-0.15, -0.1) is 0 Å². The number of ether oxygens (including phenoxy) is 2. The average Bonchev–Trinajstić information content (AvgIpc) is 3.19. The van der Waals surface area contributed by atoms with Crippen LogP contribution in [0.3, 0.4) is 0 Å². The van der Waals surface area contributed by atoms with E-state index in [-0.39, 0.29) is 18.4 Å². The van der Waals surface area contributed by atoms with Gasteiger partial charge < -0.3 is 24.6 Å². The van der Waals surface area contributed by atoms with Gasteiger partial charge in [0.25, 0.3) is 0 Å². The maximum Gasteiger partial charge on any atom is 0.303 e. The smallest absolute Gasteiger partial charge is 0.303 e. The molecule has 2 fully saturated rings. The number of morpholine rings is 1. The van der Waals surface area contributed by atoms with Gasteiger partial charge in [-0.1, -0.05) is 37.1 Å². The molecule has 2 aliphatic heterocycles. The first-order valence-corrected chi connectivity index (χ1v) is 12.4. The second kappa shape index (κ2) is 14.1. The molecule has 1 aromatic rings. The monoisotopic (exact) mass is 474 g/mol. The molecule has 34 heavy (non-hydrogen) atoms. The maximum absolute atomic E-state index is 12.3. The summed E-state index contributed by atoms with van der Waals surface area (Å²) in [6.45, 7) is 5.50. The van der Waals surface area contributed by atoms with E-state index in [9.17, 15) is 14.7 Å². The fraction of sp³-hybridized carbons (Fsp3) is 0.615. The number of carbonyl (C=O) groups is 2. The molecule has 8 nitrogen and oxygen atoms in total. The molecule has 2 N–H and O–H groups in total. The van der Waals surface area contributed by atoms with Crippen molar-refractivity contribution in [2.45, 2.75) is 57.1 Å². The van der Waals surface area contributed by atoms with Crippen LogP contribution in [0, 0.1) is 0 Å². The largest absolute Gasteiger partial charge is 0.492 e. The maximum atomic E-state index is 12.3. The van der Waals surface area contributed by atoms with Crippen molar-refractivity contribution in [2.24, 2.45) is 0 Å². The quantitative estimate of drug-likeness (QED) is 0.316. The van der Waals surface area contributed by atoms with Crippen molar-refractivity contribution in [3.63, 3.8) is 0 Å². The normalized spacial score (nSPS) is 20.2. The van der Waals surface area contributed by atoms with Crippen LogP contribution in [-0.4, -0.2) is 83.9 Å². The van der Waals surface area contributed by atoms with E-state index in [1.54, 1.807) is 6.08 Å². The average molecular weight is 475 g/mol. The number of aliphatic hydroxyl groups is 1. The molecule has 2 aliphatic rings. The topological polar surface area (TPSA) is 99.5 Å². The molecule has 2 atom stereocenters. The molecule has 1 aromatic carbocycles. The number of unbranched alkanes of at least 4 members (excludes halogenated alkanes) is 3. The predicted molar refractivity (Wildman–Crippen MR) is 129 cm³/mol. The van der Waals surface area contributed by atoms with Gasteiger partial charge in [0.05, 0.1) is 25.4 Å². The summed E-state index contributed by atoms with van der Waals surface area (Å²) in [6, 6.07) is 7.51. The zero-order valence-corrected chi connectivity index (χ0v) is 19.9. The lowest BCUT2D eigenvalue weighted by molar-refractivity contribution is -0.137. The fourth-order valence-electron chi connectivity index (χ4n) is 4.41. The number of carbonyl (C=O) groups excluding carboxylic acids is 1. The highest BCUT2D eigenvalue weighted by molar-refractivity contribution is 5.79. The van der Waals surface area contributed by atoms with Crippen LogP contribution in [-0.2, 0) is 14.3 Å². The van der Waals surface area contributed by atoms with Crippen molar-refractivity contribution in [3.8, 4) is 5.75 Å². The predicted octanol–water partition coefficient (Wildman–Crippen LogP) is 3.01. The molecule has 2 saturated heterocycles. The van der Waals surface area contributed by atoms with Crippen LogP contribution in [0.2, 0.25) is 0 Å². The van der Waals surface area contributed by atoms with E-state index in [1.807, 2.05) is 35.2 Å². The molecular formula is C26H38N2O6. The number of likely N-dealkylation sites (tertiary alicyclic amines) is 1. The molecule has 3 rings (SSSR count). The molecule has 2 heterocycles. The van der Waals surface area contributed by atoms with Crippen molar-refractivity contribution < 1.29 is 29.3 Å². The van der Waals surface area contributed by atoms with E-state index in [0.717, 1.165) is 69.8 Å². The molecule has 0 saturated carbocycles. The summed E-state index contributed by atoms with van der Waals surface area (Å²) >= 11 is 0. The van der Waals surface area contributed by atoms with Gasteiger partial charge in [0.2, 0.25) is 5.91 Å². The summed E-state index contributed by atoms with van der Waals surface area (Å²) in [5, 5.41) is 19.4. The first kappa shape index (κ1) is 26.2. The zero-order valence-electron chi connectivity index (χ0n) is 19.9. The SMILES string of the molecule is O=C(O)CCCCCCN1C(=O)CCC1C=CC(O)c1cccc(OCCN2CCOCC2)c1. The first-order chi connectivity index (χ1) is 16.5. The Hall–Kier alpha value is -2.42. The van der Waals surface area contributed by atoms with E-state index in [1.165, 1.54) is 0 Å². The number of hydrogen-bond acceptors (Lipinski definition) is 6. The summed E-state index contributed by atoms with van der Waals surface area (Å²) in [5.74, 6) is 0.118. The summed E-state index contributed by atoms with van der Waals surface area (Å²) < 4.78 is 11.3. The van der Waals surface area contributed by atoms with E-state index in [4.69, 9.17) is 14.6 Å². The molecule has 0 aliphatic carbocycles. The van der Waals surface area contributed by atoms with E-state index >= 15 is 0 Å². The Bertz CT molecular complexity index is 808. The van der Waals surface area contributed by atoms with Gasteiger partial charge in [-0.05, 0) is 37.0 Å². The minimum absolute atomic E-state index is 0.00544. The van der Waals surface area contributed by atoms with Crippen LogP contribution in [0.5, 0.6) is 5.75 Å². The van der Waals surface area contributed by atoms with Gasteiger partial charge in [-0.25, -0.2) is 0 Å². The van der Waals surface area contributed by atoms with Gasteiger partial charge in [-0.2, -0.15) is 0 Å². The zero-order chi connectivity index (χ0) is 24.2. The number of nitrogens with zero attached hydrogens (tertiary/aromatic N) is 2.